The van der Waals surface area contributed by atoms with Gasteiger partial charge >= 0.3 is 6.03 Å². The molecule has 3 rings (SSSR count). The lowest BCUT2D eigenvalue weighted by Gasteiger charge is -2.42. The molecule has 8 nitrogen and oxygen atoms in total. The van der Waals surface area contributed by atoms with Gasteiger partial charge in [-0.05, 0) is 32.6 Å². The van der Waals surface area contributed by atoms with Crippen LogP contribution >= 0.6 is 0 Å². The molecule has 3 heterocycles. The summed E-state index contributed by atoms with van der Waals surface area (Å²) >= 11 is 0. The Morgan fingerprint density at radius 2 is 1.96 bits per heavy atom. The van der Waals surface area contributed by atoms with Crippen LogP contribution in [0.25, 0.3) is 0 Å². The van der Waals surface area contributed by atoms with E-state index in [-0.39, 0.29) is 36.0 Å². The van der Waals surface area contributed by atoms with E-state index in [1.165, 1.54) is 17.6 Å². The van der Waals surface area contributed by atoms with Crippen molar-refractivity contribution in [3.8, 4) is 0 Å². The van der Waals surface area contributed by atoms with Crippen molar-refractivity contribution in [2.45, 2.75) is 46.1 Å². The quantitative estimate of drug-likeness (QED) is 0.571. The average molecular weight is 388 g/mol. The number of hydrogen-bond donors (Lipinski definition) is 0. The molecular weight excluding hydrogens is 360 g/mol. The van der Waals surface area contributed by atoms with Crippen LogP contribution < -0.4 is 0 Å². The van der Waals surface area contributed by atoms with Crippen molar-refractivity contribution in [1.82, 2.24) is 19.7 Å². The number of rotatable bonds is 5. The molecule has 2 aliphatic heterocycles. The smallest absolute Gasteiger partial charge is 0.327 e. The number of aromatic nitrogens is 1. The summed E-state index contributed by atoms with van der Waals surface area (Å²) in [5, 5.41) is 0. The molecule has 0 saturated carbocycles. The number of likely N-dealkylation sites (tertiary alicyclic amines) is 1. The van der Waals surface area contributed by atoms with E-state index in [4.69, 9.17) is 4.42 Å². The maximum Gasteiger partial charge on any atom is 0.327 e. The normalized spacial score (nSPS) is 19.1. The van der Waals surface area contributed by atoms with Crippen molar-refractivity contribution < 1.29 is 18.8 Å². The number of nitrogens with zero attached hydrogens (tertiary/aromatic N) is 4. The van der Waals surface area contributed by atoms with Gasteiger partial charge in [-0.3, -0.25) is 14.5 Å². The highest BCUT2D eigenvalue weighted by molar-refractivity contribution is 6.07. The number of carbonyl (C=O) groups is 3. The van der Waals surface area contributed by atoms with Gasteiger partial charge in [0.2, 0.25) is 0 Å². The first-order chi connectivity index (χ1) is 13.3. The minimum absolute atomic E-state index is 0.149. The number of amides is 4. The van der Waals surface area contributed by atoms with Crippen LogP contribution in [0.15, 0.2) is 28.7 Å². The zero-order valence-electron chi connectivity index (χ0n) is 17.0. The van der Waals surface area contributed by atoms with Crippen molar-refractivity contribution in [2.24, 2.45) is 5.92 Å². The van der Waals surface area contributed by atoms with Crippen LogP contribution in [-0.2, 0) is 4.79 Å². The van der Waals surface area contributed by atoms with Gasteiger partial charge < -0.3 is 14.2 Å². The van der Waals surface area contributed by atoms with Gasteiger partial charge in [0, 0.05) is 26.2 Å². The van der Waals surface area contributed by atoms with Gasteiger partial charge in [-0.2, -0.15) is 0 Å². The predicted molar refractivity (Wildman–Crippen MR) is 102 cm³/mol. The first kappa shape index (κ1) is 20.1. The number of carbonyl (C=O) groups excluding carboxylic acids is 3. The number of hydrogen-bond acceptors (Lipinski definition) is 5. The number of piperidine rings is 1. The molecule has 4 amide bonds. The summed E-state index contributed by atoms with van der Waals surface area (Å²) in [5.41, 5.74) is 0.455. The topological polar surface area (TPSA) is 87.0 Å². The molecule has 0 bridgehead atoms. The molecular formula is C20H28N4O4. The van der Waals surface area contributed by atoms with E-state index in [9.17, 15) is 14.4 Å². The second kappa shape index (κ2) is 7.77. The average Bonchev–Trinajstić information content (AvgIpc) is 3.24. The molecule has 0 aromatic carbocycles. The third-order valence-electron chi connectivity index (χ3n) is 5.38. The van der Waals surface area contributed by atoms with Crippen molar-refractivity contribution in [2.75, 3.05) is 26.2 Å². The summed E-state index contributed by atoms with van der Waals surface area (Å²) in [6.45, 7) is 9.57. The Balaban J connectivity index is 1.81. The Morgan fingerprint density at radius 1 is 1.29 bits per heavy atom. The number of oxazole rings is 1. The molecule has 8 heteroatoms. The zero-order valence-corrected chi connectivity index (χ0v) is 17.0. The Labute approximate surface area is 165 Å². The van der Waals surface area contributed by atoms with Gasteiger partial charge in [0.25, 0.3) is 11.8 Å². The lowest BCUT2D eigenvalue weighted by molar-refractivity contribution is -0.135. The third-order valence-corrected chi connectivity index (χ3v) is 5.38. The van der Waals surface area contributed by atoms with Crippen LogP contribution in [0, 0.1) is 5.92 Å². The van der Waals surface area contributed by atoms with E-state index in [2.05, 4.69) is 4.98 Å². The Kier molecular flexibility index (Phi) is 5.58. The highest BCUT2D eigenvalue weighted by Crippen LogP contribution is 2.38. The van der Waals surface area contributed by atoms with Crippen molar-refractivity contribution in [3.63, 3.8) is 0 Å². The van der Waals surface area contributed by atoms with Gasteiger partial charge in [0.15, 0.2) is 12.1 Å². The molecule has 2 fully saturated rings. The van der Waals surface area contributed by atoms with Crippen LogP contribution in [0.4, 0.5) is 4.79 Å². The van der Waals surface area contributed by atoms with Crippen LogP contribution in [-0.4, -0.2) is 69.2 Å². The fourth-order valence-corrected chi connectivity index (χ4v) is 3.88. The Bertz CT molecular complexity index is 772. The minimum Gasteiger partial charge on any atom is -0.451 e. The second-order valence-electron chi connectivity index (χ2n) is 8.18. The SMILES string of the molecule is CC(C)=CCN1C(=O)N(CC(C)C)C2(CCN(C(=O)c3cocn3)CC2)C1=O. The summed E-state index contributed by atoms with van der Waals surface area (Å²) in [5.74, 6) is -0.117. The molecule has 0 unspecified atom stereocenters. The maximum absolute atomic E-state index is 13.3. The van der Waals surface area contributed by atoms with Crippen molar-refractivity contribution in [3.05, 3.63) is 30.0 Å². The summed E-state index contributed by atoms with van der Waals surface area (Å²) in [7, 11) is 0. The van der Waals surface area contributed by atoms with E-state index >= 15 is 0 Å². The molecule has 1 aromatic heterocycles. The van der Waals surface area contributed by atoms with E-state index in [1.54, 1.807) is 9.80 Å². The molecule has 2 saturated heterocycles. The molecule has 152 valence electrons. The van der Waals surface area contributed by atoms with Gasteiger partial charge in [-0.15, -0.1) is 0 Å². The molecule has 2 aliphatic rings. The third kappa shape index (κ3) is 3.55. The van der Waals surface area contributed by atoms with E-state index < -0.39 is 5.54 Å². The van der Waals surface area contributed by atoms with Gasteiger partial charge in [0.1, 0.15) is 11.8 Å². The molecule has 28 heavy (non-hydrogen) atoms. The number of allylic oxidation sites excluding steroid dienone is 1. The Morgan fingerprint density at radius 3 is 2.50 bits per heavy atom. The maximum atomic E-state index is 13.3. The monoisotopic (exact) mass is 388 g/mol. The lowest BCUT2D eigenvalue weighted by Crippen LogP contribution is -2.58. The summed E-state index contributed by atoms with van der Waals surface area (Å²) in [4.78, 5) is 47.5. The van der Waals surface area contributed by atoms with E-state index in [1.807, 2.05) is 33.8 Å². The van der Waals surface area contributed by atoms with Crippen LogP contribution in [0.5, 0.6) is 0 Å². The number of urea groups is 1. The minimum atomic E-state index is -0.864. The number of imide groups is 1. The molecule has 1 spiro atoms. The molecule has 0 aliphatic carbocycles. The highest BCUT2D eigenvalue weighted by atomic mass is 16.3. The van der Waals surface area contributed by atoms with Gasteiger partial charge in [-0.1, -0.05) is 25.5 Å². The zero-order chi connectivity index (χ0) is 20.5. The summed E-state index contributed by atoms with van der Waals surface area (Å²) < 4.78 is 4.89. The highest BCUT2D eigenvalue weighted by Gasteiger charge is 2.57. The van der Waals surface area contributed by atoms with Crippen LogP contribution in [0.1, 0.15) is 51.0 Å². The fraction of sp³-hybridized carbons (Fsp3) is 0.600. The van der Waals surface area contributed by atoms with Gasteiger partial charge in [-0.25, -0.2) is 9.78 Å². The first-order valence-corrected chi connectivity index (χ1v) is 9.70. The van der Waals surface area contributed by atoms with Crippen molar-refractivity contribution in [1.29, 1.82) is 0 Å². The lowest BCUT2D eigenvalue weighted by atomic mass is 9.85. The summed E-state index contributed by atoms with van der Waals surface area (Å²) in [6.07, 6.45) is 5.30. The Hall–Kier alpha value is -2.64. The van der Waals surface area contributed by atoms with Crippen LogP contribution in [0.3, 0.4) is 0 Å². The van der Waals surface area contributed by atoms with Crippen molar-refractivity contribution >= 4 is 17.8 Å². The standard InChI is InChI=1S/C20H28N4O4/c1-14(2)5-8-23-18(26)20(24(19(23)27)11-15(3)4)6-9-22(10-7-20)17(25)16-12-28-13-21-16/h5,12-13,15H,6-11H2,1-4H3. The largest absolute Gasteiger partial charge is 0.451 e. The molecule has 1 aromatic rings. The second-order valence-corrected chi connectivity index (χ2v) is 8.18. The van der Waals surface area contributed by atoms with Gasteiger partial charge in [0.05, 0.1) is 0 Å². The van der Waals surface area contributed by atoms with Crippen LogP contribution in [0.2, 0.25) is 0 Å². The predicted octanol–water partition coefficient (Wildman–Crippen LogP) is 2.54. The van der Waals surface area contributed by atoms with E-state index in [0.717, 1.165) is 5.57 Å². The molecule has 0 N–H and O–H groups in total. The summed E-state index contributed by atoms with van der Waals surface area (Å²) in [6, 6.07) is -0.229. The fourth-order valence-electron chi connectivity index (χ4n) is 3.88. The first-order valence-electron chi connectivity index (χ1n) is 9.70. The molecule has 0 atom stereocenters. The molecule has 0 radical (unpaired) electrons. The van der Waals surface area contributed by atoms with E-state index in [0.29, 0.717) is 32.5 Å².